The summed E-state index contributed by atoms with van der Waals surface area (Å²) in [7, 11) is 0. The zero-order valence-electron chi connectivity index (χ0n) is 13.2. The third-order valence-corrected chi connectivity index (χ3v) is 5.85. The predicted octanol–water partition coefficient (Wildman–Crippen LogP) is 4.73. The molecule has 23 heavy (non-hydrogen) atoms. The monoisotopic (exact) mass is 319 g/mol. The van der Waals surface area contributed by atoms with Crippen LogP contribution in [0.4, 0.5) is 0 Å². The highest BCUT2D eigenvalue weighted by atomic mass is 32.1. The number of fused-ring (bicyclic) bond motifs is 1. The Morgan fingerprint density at radius 3 is 2.43 bits per heavy atom. The zero-order valence-corrected chi connectivity index (χ0v) is 14.0. The summed E-state index contributed by atoms with van der Waals surface area (Å²) in [6, 6.07) is 21.5. The van der Waals surface area contributed by atoms with Gasteiger partial charge in [-0.2, -0.15) is 0 Å². The van der Waals surface area contributed by atoms with Crippen molar-refractivity contribution < 1.29 is 0 Å². The molecule has 1 fully saturated rings. The van der Waals surface area contributed by atoms with Gasteiger partial charge in [-0.05, 0) is 29.9 Å². The highest BCUT2D eigenvalue weighted by Gasteiger charge is 2.50. The quantitative estimate of drug-likeness (QED) is 0.594. The van der Waals surface area contributed by atoms with Crippen molar-refractivity contribution in [1.29, 1.82) is 0 Å². The molecular formula is C21H21NS. The highest BCUT2D eigenvalue weighted by Crippen LogP contribution is 2.47. The maximum absolute atomic E-state index is 6.01. The minimum atomic E-state index is -0.0797. The van der Waals surface area contributed by atoms with Crippen molar-refractivity contribution in [3.8, 4) is 0 Å². The van der Waals surface area contributed by atoms with Crippen LogP contribution in [0.25, 0.3) is 0 Å². The standard InChI is InChI=1S/C21H21NS/c23-20-21(18-11-5-2-6-12-18)14-8-7-13-19(21)16-22(20)15-17-9-3-1-4-10-17/h1-6,8-12,14,19H,7,13,15-16H2/t19-,21+/m0/s1. The van der Waals surface area contributed by atoms with Crippen molar-refractivity contribution >= 4 is 17.2 Å². The van der Waals surface area contributed by atoms with Gasteiger partial charge in [0.15, 0.2) is 0 Å². The molecule has 1 aliphatic heterocycles. The van der Waals surface area contributed by atoms with E-state index in [1.54, 1.807) is 0 Å². The smallest absolute Gasteiger partial charge is 0.0931 e. The lowest BCUT2D eigenvalue weighted by molar-refractivity contribution is 0.350. The Balaban J connectivity index is 1.71. The predicted molar refractivity (Wildman–Crippen MR) is 99.4 cm³/mol. The highest BCUT2D eigenvalue weighted by molar-refractivity contribution is 7.80. The summed E-state index contributed by atoms with van der Waals surface area (Å²) in [6.45, 7) is 1.98. The van der Waals surface area contributed by atoms with Crippen LogP contribution < -0.4 is 0 Å². The largest absolute Gasteiger partial charge is 0.360 e. The van der Waals surface area contributed by atoms with E-state index in [2.05, 4.69) is 77.7 Å². The Morgan fingerprint density at radius 1 is 1.00 bits per heavy atom. The van der Waals surface area contributed by atoms with E-state index in [1.807, 2.05) is 0 Å². The van der Waals surface area contributed by atoms with Gasteiger partial charge in [0.1, 0.15) is 0 Å². The lowest BCUT2D eigenvalue weighted by Gasteiger charge is -2.35. The number of nitrogens with zero attached hydrogens (tertiary/aromatic N) is 1. The van der Waals surface area contributed by atoms with Gasteiger partial charge in [0.25, 0.3) is 0 Å². The Labute approximate surface area is 143 Å². The van der Waals surface area contributed by atoms with Crippen LogP contribution in [0.2, 0.25) is 0 Å². The second-order valence-corrected chi connectivity index (χ2v) is 6.97. The van der Waals surface area contributed by atoms with E-state index in [-0.39, 0.29) is 5.41 Å². The van der Waals surface area contributed by atoms with Gasteiger partial charge in [0.2, 0.25) is 0 Å². The van der Waals surface area contributed by atoms with E-state index in [1.165, 1.54) is 24.0 Å². The van der Waals surface area contributed by atoms with Crippen LogP contribution in [-0.2, 0) is 12.0 Å². The van der Waals surface area contributed by atoms with Crippen LogP contribution in [0.3, 0.4) is 0 Å². The van der Waals surface area contributed by atoms with Gasteiger partial charge in [-0.15, -0.1) is 0 Å². The molecule has 4 rings (SSSR count). The fourth-order valence-corrected chi connectivity index (χ4v) is 4.62. The first kappa shape index (κ1) is 14.6. The molecule has 0 radical (unpaired) electrons. The van der Waals surface area contributed by atoms with Crippen molar-refractivity contribution in [2.24, 2.45) is 5.92 Å². The SMILES string of the molecule is S=C1N(Cc2ccccc2)C[C@@H]2CCC=C[C@]12c1ccccc1. The van der Waals surface area contributed by atoms with Crippen molar-refractivity contribution in [3.05, 3.63) is 83.9 Å². The molecule has 2 aliphatic rings. The molecule has 0 amide bonds. The van der Waals surface area contributed by atoms with E-state index < -0.39 is 0 Å². The average molecular weight is 319 g/mol. The van der Waals surface area contributed by atoms with Crippen molar-refractivity contribution in [2.75, 3.05) is 6.54 Å². The Kier molecular flexibility index (Phi) is 3.78. The van der Waals surface area contributed by atoms with Crippen LogP contribution in [0, 0.1) is 5.92 Å². The molecule has 1 heterocycles. The normalized spacial score (nSPS) is 26.3. The summed E-state index contributed by atoms with van der Waals surface area (Å²) in [5, 5.41) is 0. The minimum absolute atomic E-state index is 0.0797. The molecule has 2 aromatic rings. The number of rotatable bonds is 3. The Hall–Kier alpha value is -1.93. The molecule has 1 saturated heterocycles. The van der Waals surface area contributed by atoms with Crippen LogP contribution in [-0.4, -0.2) is 16.4 Å². The number of hydrogen-bond donors (Lipinski definition) is 0. The zero-order chi connectivity index (χ0) is 15.7. The Bertz CT molecular complexity index is 722. The molecule has 0 spiro atoms. The summed E-state index contributed by atoms with van der Waals surface area (Å²) >= 11 is 6.01. The number of likely N-dealkylation sites (tertiary alicyclic amines) is 1. The molecule has 2 heteroatoms. The van der Waals surface area contributed by atoms with E-state index in [4.69, 9.17) is 12.2 Å². The maximum Gasteiger partial charge on any atom is 0.0931 e. The average Bonchev–Trinajstić information content (AvgIpc) is 2.90. The van der Waals surface area contributed by atoms with Crippen LogP contribution in [0.1, 0.15) is 24.0 Å². The summed E-state index contributed by atoms with van der Waals surface area (Å²) < 4.78 is 0. The number of allylic oxidation sites excluding steroid dienone is 1. The summed E-state index contributed by atoms with van der Waals surface area (Å²) in [6.07, 6.45) is 7.09. The van der Waals surface area contributed by atoms with Gasteiger partial charge in [-0.1, -0.05) is 85.0 Å². The third-order valence-electron chi connectivity index (χ3n) is 5.26. The first-order chi connectivity index (χ1) is 11.3. The van der Waals surface area contributed by atoms with Gasteiger partial charge in [-0.3, -0.25) is 0 Å². The molecule has 1 aliphatic carbocycles. The summed E-state index contributed by atoms with van der Waals surface area (Å²) in [4.78, 5) is 3.51. The molecule has 116 valence electrons. The van der Waals surface area contributed by atoms with E-state index in [0.717, 1.165) is 18.1 Å². The first-order valence-corrected chi connectivity index (χ1v) is 8.78. The van der Waals surface area contributed by atoms with Crippen molar-refractivity contribution in [1.82, 2.24) is 4.90 Å². The maximum atomic E-state index is 6.01. The summed E-state index contributed by atoms with van der Waals surface area (Å²) in [5.41, 5.74) is 2.60. The number of thiocarbonyl (C=S) groups is 1. The van der Waals surface area contributed by atoms with E-state index in [9.17, 15) is 0 Å². The van der Waals surface area contributed by atoms with Gasteiger partial charge in [0.05, 0.1) is 10.4 Å². The molecule has 2 aromatic carbocycles. The van der Waals surface area contributed by atoms with Crippen LogP contribution in [0.15, 0.2) is 72.8 Å². The minimum Gasteiger partial charge on any atom is -0.360 e. The van der Waals surface area contributed by atoms with E-state index >= 15 is 0 Å². The van der Waals surface area contributed by atoms with Crippen LogP contribution >= 0.6 is 12.2 Å². The molecule has 1 nitrogen and oxygen atoms in total. The van der Waals surface area contributed by atoms with Crippen molar-refractivity contribution in [2.45, 2.75) is 24.8 Å². The van der Waals surface area contributed by atoms with Gasteiger partial charge < -0.3 is 4.90 Å². The second-order valence-electron chi connectivity index (χ2n) is 6.58. The number of hydrogen-bond acceptors (Lipinski definition) is 1. The van der Waals surface area contributed by atoms with Gasteiger partial charge in [0, 0.05) is 13.1 Å². The number of benzene rings is 2. The van der Waals surface area contributed by atoms with Crippen LogP contribution in [0.5, 0.6) is 0 Å². The fourth-order valence-electron chi connectivity index (χ4n) is 4.13. The molecule has 0 bridgehead atoms. The molecule has 0 N–H and O–H groups in total. The third kappa shape index (κ3) is 2.42. The lowest BCUT2D eigenvalue weighted by Crippen LogP contribution is -2.39. The van der Waals surface area contributed by atoms with Gasteiger partial charge >= 0.3 is 0 Å². The second kappa shape index (κ2) is 5.93. The van der Waals surface area contributed by atoms with Gasteiger partial charge in [-0.25, -0.2) is 0 Å². The molecular weight excluding hydrogens is 298 g/mol. The first-order valence-electron chi connectivity index (χ1n) is 8.37. The molecule has 0 aromatic heterocycles. The van der Waals surface area contributed by atoms with Crippen molar-refractivity contribution in [3.63, 3.8) is 0 Å². The molecule has 0 saturated carbocycles. The molecule has 0 unspecified atom stereocenters. The lowest BCUT2D eigenvalue weighted by atomic mass is 9.68. The Morgan fingerprint density at radius 2 is 1.70 bits per heavy atom. The fraction of sp³-hybridized carbons (Fsp3) is 0.286. The van der Waals surface area contributed by atoms with E-state index in [0.29, 0.717) is 5.92 Å². The summed E-state index contributed by atoms with van der Waals surface area (Å²) in [5.74, 6) is 0.589. The topological polar surface area (TPSA) is 3.24 Å². The molecule has 2 atom stereocenters.